The van der Waals surface area contributed by atoms with E-state index in [1.807, 2.05) is 24.3 Å². The minimum absolute atomic E-state index is 0.00658. The van der Waals surface area contributed by atoms with Crippen LogP contribution < -0.4 is 10.0 Å². The van der Waals surface area contributed by atoms with E-state index < -0.39 is 23.2 Å². The molecule has 2 bridgehead atoms. The van der Waals surface area contributed by atoms with Crippen LogP contribution in [0.1, 0.15) is 45.5 Å². The number of rotatable bonds is 2. The number of nitrogens with zero attached hydrogens (tertiary/aromatic N) is 1. The molecule has 1 heterocycles. The highest BCUT2D eigenvalue weighted by Gasteiger charge is 2.66. The molecule has 0 unspecified atom stereocenters. The summed E-state index contributed by atoms with van der Waals surface area (Å²) in [5, 5.41) is 11.1. The second-order valence-corrected chi connectivity index (χ2v) is 8.70. The fourth-order valence-electron chi connectivity index (χ4n) is 6.15. The van der Waals surface area contributed by atoms with E-state index in [1.165, 1.54) is 29.2 Å². The number of imide groups is 1. The summed E-state index contributed by atoms with van der Waals surface area (Å²) in [4.78, 5) is 39.8. The molecular weight excluding hydrogens is 390 g/mol. The molecule has 3 aliphatic carbocycles. The van der Waals surface area contributed by atoms with Crippen LogP contribution in [0.2, 0.25) is 0 Å². The van der Waals surface area contributed by atoms with Gasteiger partial charge in [-0.15, -0.1) is 0 Å². The molecule has 0 spiro atoms. The van der Waals surface area contributed by atoms with Gasteiger partial charge in [0.1, 0.15) is 0 Å². The molecule has 1 saturated heterocycles. The Morgan fingerprint density at radius 2 is 1.39 bits per heavy atom. The van der Waals surface area contributed by atoms with Gasteiger partial charge in [0.25, 0.3) is 0 Å². The second kappa shape index (κ2) is 5.91. The van der Waals surface area contributed by atoms with Crippen LogP contribution in [0.5, 0.6) is 0 Å². The van der Waals surface area contributed by atoms with Crippen molar-refractivity contribution in [3.05, 3.63) is 101 Å². The minimum Gasteiger partial charge on any atom is -0.545 e. The summed E-state index contributed by atoms with van der Waals surface area (Å²) in [5.41, 5.74) is 4.22. The lowest BCUT2D eigenvalue weighted by Gasteiger charge is -2.52. The number of anilines is 1. The van der Waals surface area contributed by atoms with E-state index in [4.69, 9.17) is 0 Å². The number of benzene rings is 3. The largest absolute Gasteiger partial charge is 0.545 e. The van der Waals surface area contributed by atoms with Crippen molar-refractivity contribution in [2.45, 2.75) is 18.3 Å². The van der Waals surface area contributed by atoms with E-state index in [1.54, 1.807) is 0 Å². The topological polar surface area (TPSA) is 77.5 Å². The Morgan fingerprint density at radius 1 is 0.839 bits per heavy atom. The SMILES string of the molecule is CC12c3ccccc3C(c3ccccc31)[C@@H]1C(=O)N(c3ccc(C(=O)[O-])cc3)C(=O)[C@@H]12. The maximum atomic E-state index is 13.8. The molecule has 3 aromatic carbocycles. The van der Waals surface area contributed by atoms with Gasteiger partial charge in [-0.2, -0.15) is 0 Å². The highest BCUT2D eigenvalue weighted by atomic mass is 16.4. The summed E-state index contributed by atoms with van der Waals surface area (Å²) >= 11 is 0. The molecule has 5 nitrogen and oxygen atoms in total. The first-order valence-corrected chi connectivity index (χ1v) is 10.3. The monoisotopic (exact) mass is 408 g/mol. The number of amides is 2. The number of carbonyl (C=O) groups excluding carboxylic acids is 3. The average Bonchev–Trinajstić information content (AvgIpc) is 3.06. The molecular formula is C26H18NO4-. The van der Waals surface area contributed by atoms with Crippen LogP contribution in [0.4, 0.5) is 5.69 Å². The minimum atomic E-state index is -1.30. The van der Waals surface area contributed by atoms with Crippen molar-refractivity contribution < 1.29 is 19.5 Å². The molecule has 3 aromatic rings. The lowest BCUT2D eigenvalue weighted by molar-refractivity contribution is -0.255. The molecule has 5 heteroatoms. The first kappa shape index (κ1) is 18.1. The van der Waals surface area contributed by atoms with Gasteiger partial charge in [-0.1, -0.05) is 67.6 Å². The van der Waals surface area contributed by atoms with Gasteiger partial charge in [-0.05, 0) is 39.9 Å². The molecule has 1 fully saturated rings. The van der Waals surface area contributed by atoms with Gasteiger partial charge in [0, 0.05) is 11.3 Å². The maximum Gasteiger partial charge on any atom is 0.238 e. The summed E-state index contributed by atoms with van der Waals surface area (Å²) in [6.07, 6.45) is 0. The number of aromatic carboxylic acids is 1. The number of hydrogen-bond acceptors (Lipinski definition) is 4. The van der Waals surface area contributed by atoms with Gasteiger partial charge in [0.15, 0.2) is 0 Å². The number of carboxylic acid groups (broad SMARTS) is 1. The zero-order valence-electron chi connectivity index (χ0n) is 16.7. The summed E-state index contributed by atoms with van der Waals surface area (Å²) in [6.45, 7) is 2.07. The number of carboxylic acids is 1. The standard InChI is InChI=1S/C26H19NO4/c1-26-18-8-4-2-6-16(18)20(17-7-3-5-9-19(17)26)21-22(26)24(29)27(23(21)28)15-12-10-14(11-13-15)25(30)31/h2-13,20-22H,1H3,(H,30,31)/p-1/t20?,21-,22+,26?/m0/s1. The molecule has 1 aliphatic heterocycles. The molecule has 0 saturated carbocycles. The molecule has 4 aliphatic rings. The Morgan fingerprint density at radius 3 is 1.94 bits per heavy atom. The third-order valence-corrected chi connectivity index (χ3v) is 7.40. The van der Waals surface area contributed by atoms with Gasteiger partial charge in [0.2, 0.25) is 11.8 Å². The van der Waals surface area contributed by atoms with E-state index >= 15 is 0 Å². The van der Waals surface area contributed by atoms with Crippen LogP contribution in [-0.2, 0) is 15.0 Å². The van der Waals surface area contributed by atoms with Crippen molar-refractivity contribution in [2.24, 2.45) is 11.8 Å². The first-order chi connectivity index (χ1) is 14.9. The molecule has 0 radical (unpaired) electrons. The Hall–Kier alpha value is -3.73. The molecule has 0 aromatic heterocycles. The van der Waals surface area contributed by atoms with Crippen molar-refractivity contribution in [2.75, 3.05) is 4.90 Å². The van der Waals surface area contributed by atoms with Crippen molar-refractivity contribution >= 4 is 23.5 Å². The van der Waals surface area contributed by atoms with Crippen LogP contribution in [0.15, 0.2) is 72.8 Å². The van der Waals surface area contributed by atoms with E-state index in [0.29, 0.717) is 5.69 Å². The normalized spacial score (nSPS) is 27.6. The fourth-order valence-corrected chi connectivity index (χ4v) is 6.15. The molecule has 7 rings (SSSR count). The second-order valence-electron chi connectivity index (χ2n) is 8.70. The van der Waals surface area contributed by atoms with E-state index in [9.17, 15) is 19.5 Å². The predicted octanol–water partition coefficient (Wildman–Crippen LogP) is 2.62. The summed E-state index contributed by atoms with van der Waals surface area (Å²) in [5.74, 6) is -2.92. The summed E-state index contributed by atoms with van der Waals surface area (Å²) in [6, 6.07) is 22.0. The highest BCUT2D eigenvalue weighted by molar-refractivity contribution is 6.23. The van der Waals surface area contributed by atoms with Gasteiger partial charge in [0.05, 0.1) is 23.5 Å². The van der Waals surface area contributed by atoms with Crippen molar-refractivity contribution in [1.82, 2.24) is 0 Å². The van der Waals surface area contributed by atoms with E-state index in [0.717, 1.165) is 22.3 Å². The number of hydrogen-bond donors (Lipinski definition) is 0. The molecule has 0 N–H and O–H groups in total. The van der Waals surface area contributed by atoms with Gasteiger partial charge in [-0.3, -0.25) is 9.59 Å². The Bertz CT molecular complexity index is 1250. The zero-order chi connectivity index (χ0) is 21.5. The van der Waals surface area contributed by atoms with Crippen LogP contribution in [0.25, 0.3) is 0 Å². The molecule has 31 heavy (non-hydrogen) atoms. The summed E-state index contributed by atoms with van der Waals surface area (Å²) in [7, 11) is 0. The van der Waals surface area contributed by atoms with Crippen LogP contribution >= 0.6 is 0 Å². The third-order valence-electron chi connectivity index (χ3n) is 7.40. The van der Waals surface area contributed by atoms with Crippen molar-refractivity contribution in [1.29, 1.82) is 0 Å². The van der Waals surface area contributed by atoms with Crippen LogP contribution in [-0.4, -0.2) is 17.8 Å². The van der Waals surface area contributed by atoms with Gasteiger partial charge in [-0.25, -0.2) is 4.90 Å². The maximum absolute atomic E-state index is 13.8. The van der Waals surface area contributed by atoms with Crippen molar-refractivity contribution in [3.63, 3.8) is 0 Å². The lowest BCUT2D eigenvalue weighted by atomic mass is 9.48. The Kier molecular flexibility index (Phi) is 3.45. The lowest BCUT2D eigenvalue weighted by Crippen LogP contribution is -2.51. The van der Waals surface area contributed by atoms with E-state index in [-0.39, 0.29) is 23.3 Å². The quantitative estimate of drug-likeness (QED) is 0.611. The Balaban J connectivity index is 1.55. The predicted molar refractivity (Wildman–Crippen MR) is 111 cm³/mol. The molecule has 2 amide bonds. The zero-order valence-corrected chi connectivity index (χ0v) is 16.7. The fraction of sp³-hybridized carbons (Fsp3) is 0.192. The number of carbonyl (C=O) groups is 3. The van der Waals surface area contributed by atoms with Crippen LogP contribution in [0.3, 0.4) is 0 Å². The van der Waals surface area contributed by atoms with Crippen molar-refractivity contribution in [3.8, 4) is 0 Å². The average molecular weight is 408 g/mol. The van der Waals surface area contributed by atoms with Gasteiger partial charge >= 0.3 is 0 Å². The summed E-state index contributed by atoms with van der Waals surface area (Å²) < 4.78 is 0. The van der Waals surface area contributed by atoms with Crippen LogP contribution in [0, 0.1) is 11.8 Å². The Labute approximate surface area is 178 Å². The smallest absolute Gasteiger partial charge is 0.238 e. The highest BCUT2D eigenvalue weighted by Crippen LogP contribution is 2.64. The first-order valence-electron chi connectivity index (χ1n) is 10.3. The van der Waals surface area contributed by atoms with Gasteiger partial charge < -0.3 is 9.90 Å². The molecule has 152 valence electrons. The third kappa shape index (κ3) is 2.08. The van der Waals surface area contributed by atoms with E-state index in [2.05, 4.69) is 31.2 Å². The molecule has 2 atom stereocenters.